The summed E-state index contributed by atoms with van der Waals surface area (Å²) in [6.07, 6.45) is 5.96. The van der Waals surface area contributed by atoms with Crippen LogP contribution in [-0.2, 0) is 4.79 Å². The third kappa shape index (κ3) is 2.96. The Morgan fingerprint density at radius 3 is 2.67 bits per heavy atom. The van der Waals surface area contributed by atoms with Gasteiger partial charge in [0.2, 0.25) is 0 Å². The molecule has 1 aliphatic carbocycles. The van der Waals surface area contributed by atoms with E-state index >= 15 is 0 Å². The number of hydrogen-bond acceptors (Lipinski definition) is 1. The van der Waals surface area contributed by atoms with E-state index in [1.165, 1.54) is 25.7 Å². The number of ketones is 1. The van der Waals surface area contributed by atoms with Gasteiger partial charge in [0.1, 0.15) is 5.78 Å². The molecule has 0 amide bonds. The quantitative estimate of drug-likeness (QED) is 0.619. The van der Waals surface area contributed by atoms with Crippen LogP contribution in [0.15, 0.2) is 0 Å². The molecule has 0 N–H and O–H groups in total. The Bertz CT molecular complexity index is 170. The van der Waals surface area contributed by atoms with Crippen molar-refractivity contribution in [1.29, 1.82) is 0 Å². The van der Waals surface area contributed by atoms with Gasteiger partial charge in [-0.2, -0.15) is 0 Å². The lowest BCUT2D eigenvalue weighted by atomic mass is 9.71. The molecule has 1 saturated carbocycles. The van der Waals surface area contributed by atoms with Gasteiger partial charge in [-0.1, -0.05) is 20.3 Å². The van der Waals surface area contributed by atoms with Gasteiger partial charge in [0.05, 0.1) is 0 Å². The van der Waals surface area contributed by atoms with E-state index < -0.39 is 0 Å². The van der Waals surface area contributed by atoms with Crippen molar-refractivity contribution < 1.29 is 4.79 Å². The van der Waals surface area contributed by atoms with Crippen molar-refractivity contribution in [2.75, 3.05) is 0 Å². The van der Waals surface area contributed by atoms with E-state index in [0.29, 0.717) is 17.1 Å². The van der Waals surface area contributed by atoms with Crippen LogP contribution >= 0.6 is 0 Å². The zero-order valence-corrected chi connectivity index (χ0v) is 8.52. The maximum atomic E-state index is 10.9. The van der Waals surface area contributed by atoms with Gasteiger partial charge in [-0.15, -0.1) is 0 Å². The minimum absolute atomic E-state index is 0.359. The van der Waals surface area contributed by atoms with Crippen LogP contribution in [0, 0.1) is 11.3 Å². The maximum absolute atomic E-state index is 10.9. The summed E-state index contributed by atoms with van der Waals surface area (Å²) in [5.41, 5.74) is 0.484. The van der Waals surface area contributed by atoms with Gasteiger partial charge in [-0.05, 0) is 37.5 Å². The van der Waals surface area contributed by atoms with E-state index in [9.17, 15) is 4.79 Å². The van der Waals surface area contributed by atoms with E-state index in [0.717, 1.165) is 6.42 Å². The zero-order valence-electron chi connectivity index (χ0n) is 8.52. The fourth-order valence-electron chi connectivity index (χ4n) is 2.44. The topological polar surface area (TPSA) is 17.1 Å². The monoisotopic (exact) mass is 168 g/mol. The standard InChI is InChI=1S/C11H20O/c1-9(12)7-10-5-4-6-11(2,3)8-10/h10H,4-8H2,1-3H3. The first-order chi connectivity index (χ1) is 5.49. The van der Waals surface area contributed by atoms with E-state index in [1.54, 1.807) is 6.92 Å². The molecule has 1 aliphatic rings. The molecule has 0 radical (unpaired) electrons. The van der Waals surface area contributed by atoms with Gasteiger partial charge in [-0.3, -0.25) is 0 Å². The summed E-state index contributed by atoms with van der Waals surface area (Å²) in [5.74, 6) is 1.03. The summed E-state index contributed by atoms with van der Waals surface area (Å²) in [6, 6.07) is 0. The van der Waals surface area contributed by atoms with Crippen molar-refractivity contribution in [2.24, 2.45) is 11.3 Å². The SMILES string of the molecule is CC(=O)CC1CCCC(C)(C)C1. The molecule has 0 aromatic carbocycles. The largest absolute Gasteiger partial charge is 0.300 e. The number of carbonyl (C=O) groups excluding carboxylic acids is 1. The first-order valence-electron chi connectivity index (χ1n) is 4.99. The molecule has 0 heterocycles. The van der Waals surface area contributed by atoms with Crippen LogP contribution in [0.5, 0.6) is 0 Å². The average molecular weight is 168 g/mol. The van der Waals surface area contributed by atoms with Crippen LogP contribution in [-0.4, -0.2) is 5.78 Å². The first-order valence-corrected chi connectivity index (χ1v) is 4.99. The summed E-state index contributed by atoms with van der Waals surface area (Å²) in [6.45, 7) is 6.35. The van der Waals surface area contributed by atoms with Crippen LogP contribution < -0.4 is 0 Å². The molecule has 0 saturated heterocycles. The van der Waals surface area contributed by atoms with E-state index in [1.807, 2.05) is 0 Å². The van der Waals surface area contributed by atoms with E-state index in [2.05, 4.69) is 13.8 Å². The van der Waals surface area contributed by atoms with Crippen LogP contribution in [0.2, 0.25) is 0 Å². The smallest absolute Gasteiger partial charge is 0.130 e. The normalized spacial score (nSPS) is 28.4. The van der Waals surface area contributed by atoms with Crippen molar-refractivity contribution in [1.82, 2.24) is 0 Å². The van der Waals surface area contributed by atoms with Crippen molar-refractivity contribution in [3.05, 3.63) is 0 Å². The van der Waals surface area contributed by atoms with Crippen LogP contribution in [0.4, 0.5) is 0 Å². The van der Waals surface area contributed by atoms with E-state index in [4.69, 9.17) is 0 Å². The van der Waals surface area contributed by atoms with Crippen molar-refractivity contribution in [3.8, 4) is 0 Å². The Hall–Kier alpha value is -0.330. The molecule has 1 fully saturated rings. The molecule has 1 nitrogen and oxygen atoms in total. The van der Waals surface area contributed by atoms with Gasteiger partial charge in [0, 0.05) is 6.42 Å². The summed E-state index contributed by atoms with van der Waals surface area (Å²) in [7, 11) is 0. The fourth-order valence-corrected chi connectivity index (χ4v) is 2.44. The molecule has 1 rings (SSSR count). The number of carbonyl (C=O) groups is 1. The molecular formula is C11H20O. The minimum atomic E-state index is 0.359. The Morgan fingerprint density at radius 1 is 1.50 bits per heavy atom. The van der Waals surface area contributed by atoms with Crippen molar-refractivity contribution in [3.63, 3.8) is 0 Å². The predicted octanol–water partition coefficient (Wildman–Crippen LogP) is 3.18. The molecule has 1 heteroatoms. The molecule has 0 aliphatic heterocycles. The van der Waals surface area contributed by atoms with Gasteiger partial charge >= 0.3 is 0 Å². The highest BCUT2D eigenvalue weighted by molar-refractivity contribution is 5.75. The van der Waals surface area contributed by atoms with Gasteiger partial charge in [0.25, 0.3) is 0 Å². The molecule has 1 atom stereocenters. The Kier molecular flexibility index (Phi) is 2.92. The molecule has 0 aromatic rings. The second-order valence-corrected chi connectivity index (χ2v) is 5.03. The number of rotatable bonds is 2. The minimum Gasteiger partial charge on any atom is -0.300 e. The number of Topliss-reactive ketones (excluding diaryl/α,β-unsaturated/α-hetero) is 1. The zero-order chi connectivity index (χ0) is 9.19. The Labute approximate surface area is 75.5 Å². The highest BCUT2D eigenvalue weighted by Crippen LogP contribution is 2.39. The predicted molar refractivity (Wildman–Crippen MR) is 51.0 cm³/mol. The molecular weight excluding hydrogens is 148 g/mol. The summed E-state index contributed by atoms with van der Waals surface area (Å²) in [5, 5.41) is 0. The lowest BCUT2D eigenvalue weighted by Crippen LogP contribution is -2.23. The molecule has 12 heavy (non-hydrogen) atoms. The summed E-state index contributed by atoms with van der Waals surface area (Å²) < 4.78 is 0. The van der Waals surface area contributed by atoms with Crippen molar-refractivity contribution in [2.45, 2.75) is 52.9 Å². The first kappa shape index (κ1) is 9.76. The third-order valence-corrected chi connectivity index (χ3v) is 2.88. The van der Waals surface area contributed by atoms with Crippen molar-refractivity contribution >= 4 is 5.78 Å². The second-order valence-electron chi connectivity index (χ2n) is 5.03. The van der Waals surface area contributed by atoms with E-state index in [-0.39, 0.29) is 0 Å². The highest BCUT2D eigenvalue weighted by Gasteiger charge is 2.28. The maximum Gasteiger partial charge on any atom is 0.130 e. The van der Waals surface area contributed by atoms with Crippen LogP contribution in [0.1, 0.15) is 52.9 Å². The number of hydrogen-bond donors (Lipinski definition) is 0. The molecule has 70 valence electrons. The lowest BCUT2D eigenvalue weighted by molar-refractivity contribution is -0.118. The van der Waals surface area contributed by atoms with Crippen LogP contribution in [0.3, 0.4) is 0 Å². The Balaban J connectivity index is 2.41. The Morgan fingerprint density at radius 2 is 2.17 bits per heavy atom. The lowest BCUT2D eigenvalue weighted by Gasteiger charge is -2.34. The highest BCUT2D eigenvalue weighted by atomic mass is 16.1. The molecule has 0 spiro atoms. The van der Waals surface area contributed by atoms with Gasteiger partial charge in [0.15, 0.2) is 0 Å². The molecule has 0 aromatic heterocycles. The van der Waals surface area contributed by atoms with Gasteiger partial charge in [-0.25, -0.2) is 0 Å². The second kappa shape index (κ2) is 3.59. The summed E-state index contributed by atoms with van der Waals surface area (Å²) in [4.78, 5) is 10.9. The average Bonchev–Trinajstić information content (AvgIpc) is 1.82. The van der Waals surface area contributed by atoms with Crippen LogP contribution in [0.25, 0.3) is 0 Å². The fraction of sp³-hybridized carbons (Fsp3) is 0.909. The molecule has 1 unspecified atom stereocenters. The summed E-state index contributed by atoms with van der Waals surface area (Å²) >= 11 is 0. The third-order valence-electron chi connectivity index (χ3n) is 2.88. The van der Waals surface area contributed by atoms with Gasteiger partial charge < -0.3 is 4.79 Å². The molecule has 0 bridgehead atoms.